The molecule has 18 heavy (non-hydrogen) atoms. The number of carbonyl (C=O) groups excluding carboxylic acids is 1. The predicted molar refractivity (Wildman–Crippen MR) is 63.0 cm³/mol. The van der Waals surface area contributed by atoms with Gasteiger partial charge in [-0.05, 0) is 18.2 Å². The molecule has 0 bridgehead atoms. The van der Waals surface area contributed by atoms with E-state index >= 15 is 0 Å². The van der Waals surface area contributed by atoms with Crippen LogP contribution >= 0.6 is 0 Å². The molecule has 1 heterocycles. The fourth-order valence-corrected chi connectivity index (χ4v) is 1.42. The second-order valence-corrected chi connectivity index (χ2v) is 3.62. The highest BCUT2D eigenvalue weighted by molar-refractivity contribution is 5.94. The van der Waals surface area contributed by atoms with Gasteiger partial charge in [0.1, 0.15) is 17.8 Å². The number of hydrogen-bond acceptors (Lipinski definition) is 5. The number of aromatic nitrogens is 2. The van der Waals surface area contributed by atoms with Crippen LogP contribution in [-0.2, 0) is 6.54 Å². The zero-order valence-corrected chi connectivity index (χ0v) is 9.37. The molecule has 0 aliphatic heterocycles. The van der Waals surface area contributed by atoms with E-state index in [0.29, 0.717) is 5.69 Å². The Morgan fingerprint density at radius 3 is 2.56 bits per heavy atom. The van der Waals surface area contributed by atoms with Crippen LogP contribution in [0, 0.1) is 0 Å². The molecule has 0 radical (unpaired) electrons. The van der Waals surface area contributed by atoms with Crippen molar-refractivity contribution in [2.75, 3.05) is 0 Å². The third-order valence-electron chi connectivity index (χ3n) is 2.24. The zero-order valence-electron chi connectivity index (χ0n) is 9.37. The minimum absolute atomic E-state index is 0.165. The van der Waals surface area contributed by atoms with Crippen molar-refractivity contribution in [3.8, 4) is 11.5 Å². The van der Waals surface area contributed by atoms with Crippen molar-refractivity contribution in [3.05, 3.63) is 48.0 Å². The predicted octanol–water partition coefficient (Wildman–Crippen LogP) is 0.818. The Balaban J connectivity index is 2.04. The van der Waals surface area contributed by atoms with Crippen molar-refractivity contribution in [1.29, 1.82) is 0 Å². The SMILES string of the molecule is O=C(NCc1ccncn1)c1cc(O)cc(O)c1. The Kier molecular flexibility index (Phi) is 3.38. The Morgan fingerprint density at radius 1 is 1.22 bits per heavy atom. The summed E-state index contributed by atoms with van der Waals surface area (Å²) in [4.78, 5) is 19.5. The van der Waals surface area contributed by atoms with Crippen molar-refractivity contribution < 1.29 is 15.0 Å². The first kappa shape index (κ1) is 11.8. The average Bonchev–Trinajstić information content (AvgIpc) is 2.36. The fraction of sp³-hybridized carbons (Fsp3) is 0.0833. The number of phenols is 2. The van der Waals surface area contributed by atoms with E-state index in [-0.39, 0.29) is 23.6 Å². The van der Waals surface area contributed by atoms with Gasteiger partial charge in [-0.25, -0.2) is 9.97 Å². The topological polar surface area (TPSA) is 95.3 Å². The van der Waals surface area contributed by atoms with Crippen LogP contribution in [0.1, 0.15) is 16.1 Å². The van der Waals surface area contributed by atoms with Crippen LogP contribution in [-0.4, -0.2) is 26.1 Å². The van der Waals surface area contributed by atoms with Gasteiger partial charge in [0.05, 0.1) is 12.2 Å². The Morgan fingerprint density at radius 2 is 1.94 bits per heavy atom. The number of nitrogens with zero attached hydrogens (tertiary/aromatic N) is 2. The quantitative estimate of drug-likeness (QED) is 0.744. The smallest absolute Gasteiger partial charge is 0.251 e. The van der Waals surface area contributed by atoms with Crippen molar-refractivity contribution >= 4 is 5.91 Å². The lowest BCUT2D eigenvalue weighted by Crippen LogP contribution is -2.23. The summed E-state index contributed by atoms with van der Waals surface area (Å²) in [5, 5.41) is 21.2. The number of nitrogens with one attached hydrogen (secondary N) is 1. The molecular formula is C12H11N3O3. The van der Waals surface area contributed by atoms with Crippen molar-refractivity contribution in [1.82, 2.24) is 15.3 Å². The number of benzene rings is 1. The van der Waals surface area contributed by atoms with E-state index in [1.165, 1.54) is 18.5 Å². The molecular weight excluding hydrogens is 234 g/mol. The molecule has 1 aromatic heterocycles. The van der Waals surface area contributed by atoms with E-state index in [0.717, 1.165) is 6.07 Å². The van der Waals surface area contributed by atoms with Crippen molar-refractivity contribution in [2.45, 2.75) is 6.54 Å². The van der Waals surface area contributed by atoms with Gasteiger partial charge >= 0.3 is 0 Å². The van der Waals surface area contributed by atoms with E-state index in [1.54, 1.807) is 12.3 Å². The number of hydrogen-bond donors (Lipinski definition) is 3. The van der Waals surface area contributed by atoms with Crippen LogP contribution in [0.4, 0.5) is 0 Å². The highest BCUT2D eigenvalue weighted by atomic mass is 16.3. The first-order valence-corrected chi connectivity index (χ1v) is 5.21. The van der Waals surface area contributed by atoms with Gasteiger partial charge in [-0.3, -0.25) is 4.79 Å². The number of rotatable bonds is 3. The van der Waals surface area contributed by atoms with Crippen molar-refractivity contribution in [3.63, 3.8) is 0 Å². The molecule has 6 heteroatoms. The molecule has 0 aliphatic rings. The largest absolute Gasteiger partial charge is 0.508 e. The lowest BCUT2D eigenvalue weighted by Gasteiger charge is -2.05. The van der Waals surface area contributed by atoms with Crippen LogP contribution in [0.25, 0.3) is 0 Å². The molecule has 1 amide bonds. The maximum absolute atomic E-state index is 11.7. The Labute approximate surface area is 103 Å². The summed E-state index contributed by atoms with van der Waals surface area (Å²) in [6.45, 7) is 0.248. The second-order valence-electron chi connectivity index (χ2n) is 3.62. The molecule has 0 spiro atoms. The summed E-state index contributed by atoms with van der Waals surface area (Å²) in [5.41, 5.74) is 0.851. The van der Waals surface area contributed by atoms with E-state index in [2.05, 4.69) is 15.3 Å². The summed E-state index contributed by atoms with van der Waals surface area (Å²) in [6.07, 6.45) is 2.97. The number of aromatic hydroxyl groups is 2. The molecule has 2 rings (SSSR count). The van der Waals surface area contributed by atoms with Crippen LogP contribution in [0.15, 0.2) is 36.8 Å². The van der Waals surface area contributed by atoms with Gasteiger partial charge in [0.2, 0.25) is 0 Å². The highest BCUT2D eigenvalue weighted by Crippen LogP contribution is 2.20. The maximum Gasteiger partial charge on any atom is 0.251 e. The van der Waals surface area contributed by atoms with Gasteiger partial charge in [-0.15, -0.1) is 0 Å². The number of carbonyl (C=O) groups is 1. The molecule has 6 nitrogen and oxygen atoms in total. The molecule has 1 aromatic carbocycles. The lowest BCUT2D eigenvalue weighted by molar-refractivity contribution is 0.0949. The van der Waals surface area contributed by atoms with Crippen LogP contribution in [0.5, 0.6) is 11.5 Å². The summed E-state index contributed by atoms with van der Waals surface area (Å²) >= 11 is 0. The molecule has 0 saturated heterocycles. The number of phenolic OH excluding ortho intramolecular Hbond substituents is 2. The van der Waals surface area contributed by atoms with Gasteiger partial charge in [0.15, 0.2) is 0 Å². The van der Waals surface area contributed by atoms with Crippen LogP contribution < -0.4 is 5.32 Å². The van der Waals surface area contributed by atoms with E-state index in [9.17, 15) is 15.0 Å². The second kappa shape index (κ2) is 5.13. The van der Waals surface area contributed by atoms with Gasteiger partial charge < -0.3 is 15.5 Å². The average molecular weight is 245 g/mol. The summed E-state index contributed by atoms with van der Waals surface area (Å²) < 4.78 is 0. The Hall–Kier alpha value is -2.63. The zero-order chi connectivity index (χ0) is 13.0. The van der Waals surface area contributed by atoms with Gasteiger partial charge in [-0.1, -0.05) is 0 Å². The Bertz CT molecular complexity index is 537. The summed E-state index contributed by atoms with van der Waals surface area (Å²) in [7, 11) is 0. The van der Waals surface area contributed by atoms with Gasteiger partial charge in [-0.2, -0.15) is 0 Å². The molecule has 0 aliphatic carbocycles. The normalized spacial score (nSPS) is 10.0. The third-order valence-corrected chi connectivity index (χ3v) is 2.24. The van der Waals surface area contributed by atoms with Gasteiger partial charge in [0.25, 0.3) is 5.91 Å². The lowest BCUT2D eigenvalue weighted by atomic mass is 10.2. The molecule has 92 valence electrons. The number of amides is 1. The minimum atomic E-state index is -0.403. The molecule has 2 aromatic rings. The molecule has 0 atom stereocenters. The standard InChI is InChI=1S/C12H11N3O3/c16-10-3-8(4-11(17)5-10)12(18)14-6-9-1-2-13-7-15-9/h1-5,7,16-17H,6H2,(H,14,18). The van der Waals surface area contributed by atoms with E-state index in [4.69, 9.17) is 0 Å². The molecule has 0 fully saturated rings. The van der Waals surface area contributed by atoms with E-state index < -0.39 is 5.91 Å². The van der Waals surface area contributed by atoms with Gasteiger partial charge in [0, 0.05) is 17.8 Å². The molecule has 3 N–H and O–H groups in total. The van der Waals surface area contributed by atoms with Crippen LogP contribution in [0.3, 0.4) is 0 Å². The molecule has 0 saturated carbocycles. The third kappa shape index (κ3) is 2.94. The first-order valence-electron chi connectivity index (χ1n) is 5.21. The monoisotopic (exact) mass is 245 g/mol. The summed E-state index contributed by atoms with van der Waals surface area (Å²) in [5.74, 6) is -0.732. The first-order chi connectivity index (χ1) is 8.65. The molecule has 0 unspecified atom stereocenters. The minimum Gasteiger partial charge on any atom is -0.508 e. The fourth-order valence-electron chi connectivity index (χ4n) is 1.42. The van der Waals surface area contributed by atoms with Crippen molar-refractivity contribution in [2.24, 2.45) is 0 Å². The van der Waals surface area contributed by atoms with Crippen LogP contribution in [0.2, 0.25) is 0 Å². The maximum atomic E-state index is 11.7. The highest BCUT2D eigenvalue weighted by Gasteiger charge is 2.08. The van der Waals surface area contributed by atoms with E-state index in [1.807, 2.05) is 0 Å². The summed E-state index contributed by atoms with van der Waals surface area (Å²) in [6, 6.07) is 5.38.